The number of hydrogen-bond acceptors (Lipinski definition) is 6. The molecule has 159 valence electrons. The molecule has 0 aromatic heterocycles. The van der Waals surface area contributed by atoms with E-state index in [4.69, 9.17) is 0 Å². The number of ketones is 3. The summed E-state index contributed by atoms with van der Waals surface area (Å²) in [4.78, 5) is 31.5. The Kier molecular flexibility index (Phi) is 27.9. The van der Waals surface area contributed by atoms with Crippen molar-refractivity contribution in [2.75, 3.05) is 0 Å². The smallest absolute Gasteiger partial charge is 0.875 e. The standard InChI is InChI=1S/3C7H12O2.Cr/c3*1-3-6(8)5-7(9)4-2;/h3*5,8H,3-4H2,1-2H3;/q;;;+3/p-3/b3*6-5-;. The van der Waals surface area contributed by atoms with Gasteiger partial charge in [0.25, 0.3) is 0 Å². The maximum Gasteiger partial charge on any atom is 3.00 e. The predicted octanol–water partition coefficient (Wildman–Crippen LogP) is 1.86. The zero-order valence-corrected chi connectivity index (χ0v) is 19.1. The van der Waals surface area contributed by atoms with Crippen molar-refractivity contribution < 1.29 is 47.1 Å². The van der Waals surface area contributed by atoms with E-state index in [1.807, 2.05) is 0 Å². The van der Waals surface area contributed by atoms with Crippen LogP contribution in [-0.2, 0) is 31.7 Å². The van der Waals surface area contributed by atoms with Gasteiger partial charge in [0.1, 0.15) is 0 Å². The van der Waals surface area contributed by atoms with Crippen LogP contribution in [0.2, 0.25) is 0 Å². The number of hydrogen-bond donors (Lipinski definition) is 0. The van der Waals surface area contributed by atoms with Crippen molar-refractivity contribution in [3.63, 3.8) is 0 Å². The van der Waals surface area contributed by atoms with Gasteiger partial charge in [0.15, 0.2) is 17.3 Å². The minimum Gasteiger partial charge on any atom is -0.875 e. The van der Waals surface area contributed by atoms with Crippen molar-refractivity contribution in [2.24, 2.45) is 0 Å². The molecule has 0 aliphatic heterocycles. The summed E-state index contributed by atoms with van der Waals surface area (Å²) < 4.78 is 0. The second-order valence-electron chi connectivity index (χ2n) is 5.35. The van der Waals surface area contributed by atoms with Gasteiger partial charge in [-0.25, -0.2) is 0 Å². The Morgan fingerprint density at radius 2 is 0.679 bits per heavy atom. The minimum atomic E-state index is -0.0816. The molecule has 7 heteroatoms. The number of carbonyl (C=O) groups is 3. The first-order chi connectivity index (χ1) is 12.6. The Labute approximate surface area is 180 Å². The Morgan fingerprint density at radius 1 is 0.500 bits per heavy atom. The van der Waals surface area contributed by atoms with Gasteiger partial charge in [0.05, 0.1) is 0 Å². The summed E-state index contributed by atoms with van der Waals surface area (Å²) in [6.45, 7) is 10.4. The van der Waals surface area contributed by atoms with Crippen LogP contribution in [0.3, 0.4) is 0 Å². The largest absolute Gasteiger partial charge is 3.00 e. The van der Waals surface area contributed by atoms with Crippen LogP contribution in [0.4, 0.5) is 0 Å². The van der Waals surface area contributed by atoms with Crippen molar-refractivity contribution in [1.82, 2.24) is 0 Å². The van der Waals surface area contributed by atoms with E-state index in [0.717, 1.165) is 0 Å². The fourth-order valence-electron chi connectivity index (χ4n) is 1.15. The Hall–Kier alpha value is -1.84. The molecule has 0 saturated carbocycles. The maximum absolute atomic E-state index is 10.5. The third-order valence-corrected chi connectivity index (χ3v) is 3.06. The van der Waals surface area contributed by atoms with Gasteiger partial charge in [-0.05, 0) is 37.5 Å². The van der Waals surface area contributed by atoms with Gasteiger partial charge in [-0.3, -0.25) is 14.4 Å². The van der Waals surface area contributed by atoms with Crippen LogP contribution in [0.15, 0.2) is 35.5 Å². The summed E-state index contributed by atoms with van der Waals surface area (Å²) in [5.74, 6) is -0.490. The van der Waals surface area contributed by atoms with Crippen molar-refractivity contribution in [1.29, 1.82) is 0 Å². The SMILES string of the molecule is CCC(=O)/C=C(\[O-])CC.CCC(=O)/C=C(\[O-])CC.CCC(=O)/C=C(\[O-])CC.[Cr+3]. The summed E-state index contributed by atoms with van der Waals surface area (Å²) in [5.41, 5.74) is 0. The molecule has 0 aromatic carbocycles. The Morgan fingerprint density at radius 3 is 0.786 bits per heavy atom. The van der Waals surface area contributed by atoms with Crippen molar-refractivity contribution in [3.8, 4) is 0 Å². The van der Waals surface area contributed by atoms with Crippen LogP contribution in [0, 0.1) is 0 Å². The molecule has 0 atom stereocenters. The van der Waals surface area contributed by atoms with Gasteiger partial charge in [-0.15, -0.1) is 17.3 Å². The number of allylic oxidation sites excluding steroid dienone is 6. The van der Waals surface area contributed by atoms with Gasteiger partial charge in [0.2, 0.25) is 0 Å². The van der Waals surface area contributed by atoms with Gasteiger partial charge >= 0.3 is 17.4 Å². The third kappa shape index (κ3) is 26.4. The van der Waals surface area contributed by atoms with E-state index >= 15 is 0 Å². The number of rotatable bonds is 9. The molecule has 0 aliphatic rings. The first-order valence-corrected chi connectivity index (χ1v) is 9.32. The zero-order chi connectivity index (χ0) is 21.8. The second kappa shape index (κ2) is 23.2. The normalized spacial score (nSPS) is 11.1. The van der Waals surface area contributed by atoms with Gasteiger partial charge in [-0.2, -0.15) is 0 Å². The predicted molar refractivity (Wildman–Crippen MR) is 101 cm³/mol. The molecule has 0 aliphatic carbocycles. The molecule has 0 bridgehead atoms. The van der Waals surface area contributed by atoms with Crippen molar-refractivity contribution in [3.05, 3.63) is 35.5 Å². The topological polar surface area (TPSA) is 120 Å². The summed E-state index contributed by atoms with van der Waals surface area (Å²) in [6.07, 6.45) is 6.03. The molecule has 0 heterocycles. The average molecular weight is 433 g/mol. The van der Waals surface area contributed by atoms with E-state index in [0.29, 0.717) is 38.5 Å². The average Bonchev–Trinajstić information content (AvgIpc) is 2.67. The van der Waals surface area contributed by atoms with E-state index in [-0.39, 0.29) is 52.0 Å². The quantitative estimate of drug-likeness (QED) is 0.404. The molecule has 0 unspecified atom stereocenters. The van der Waals surface area contributed by atoms with Gasteiger partial charge in [0, 0.05) is 19.3 Å². The van der Waals surface area contributed by atoms with E-state index in [9.17, 15) is 29.7 Å². The van der Waals surface area contributed by atoms with E-state index in [1.54, 1.807) is 41.5 Å². The molecular formula is C21H33CrO6. The van der Waals surface area contributed by atoms with Gasteiger partial charge < -0.3 is 15.3 Å². The maximum atomic E-state index is 10.5. The molecule has 0 saturated heterocycles. The van der Waals surface area contributed by atoms with E-state index in [1.165, 1.54) is 18.2 Å². The monoisotopic (exact) mass is 433 g/mol. The van der Waals surface area contributed by atoms with E-state index in [2.05, 4.69) is 0 Å². The van der Waals surface area contributed by atoms with Crippen LogP contribution in [-0.4, -0.2) is 17.3 Å². The molecular weight excluding hydrogens is 400 g/mol. The van der Waals surface area contributed by atoms with Crippen molar-refractivity contribution in [2.45, 2.75) is 80.1 Å². The zero-order valence-electron chi connectivity index (χ0n) is 17.8. The van der Waals surface area contributed by atoms with Crippen LogP contribution in [0.5, 0.6) is 0 Å². The van der Waals surface area contributed by atoms with Crippen LogP contribution >= 0.6 is 0 Å². The number of carbonyl (C=O) groups excluding carboxylic acids is 3. The summed E-state index contributed by atoms with van der Waals surface area (Å²) in [7, 11) is 0. The summed E-state index contributed by atoms with van der Waals surface area (Å²) in [5, 5.41) is 31.5. The van der Waals surface area contributed by atoms with Crippen LogP contribution in [0.1, 0.15) is 80.1 Å². The Balaban J connectivity index is -0.000000152. The first kappa shape index (κ1) is 33.7. The fraction of sp³-hybridized carbons (Fsp3) is 0.571. The summed E-state index contributed by atoms with van der Waals surface area (Å²) in [6, 6.07) is 0. The molecule has 1 radical (unpaired) electrons. The first-order valence-electron chi connectivity index (χ1n) is 9.32. The molecule has 0 rings (SSSR count). The second-order valence-corrected chi connectivity index (χ2v) is 5.35. The molecule has 0 N–H and O–H groups in total. The van der Waals surface area contributed by atoms with Crippen LogP contribution < -0.4 is 15.3 Å². The van der Waals surface area contributed by atoms with Crippen LogP contribution in [0.25, 0.3) is 0 Å². The van der Waals surface area contributed by atoms with Crippen molar-refractivity contribution >= 4 is 17.3 Å². The molecule has 0 aromatic rings. The summed E-state index contributed by atoms with van der Waals surface area (Å²) >= 11 is 0. The minimum absolute atomic E-state index is 0. The Bertz CT molecular complexity index is 457. The molecule has 0 fully saturated rings. The molecule has 28 heavy (non-hydrogen) atoms. The molecule has 0 amide bonds. The molecule has 6 nitrogen and oxygen atoms in total. The third-order valence-electron chi connectivity index (χ3n) is 3.06. The fourth-order valence-corrected chi connectivity index (χ4v) is 1.15. The van der Waals surface area contributed by atoms with Gasteiger partial charge in [-0.1, -0.05) is 41.5 Å². The molecule has 0 spiro atoms. The van der Waals surface area contributed by atoms with E-state index < -0.39 is 0 Å².